The van der Waals surface area contributed by atoms with E-state index in [0.717, 1.165) is 6.07 Å². The van der Waals surface area contributed by atoms with E-state index in [0.29, 0.717) is 6.07 Å². The van der Waals surface area contributed by atoms with Crippen molar-refractivity contribution in [3.05, 3.63) is 44.1 Å². The SMILES string of the molecule is [N-]=[N+]=NCCC#Cc1cc(F)cc([N+](=O)[O-])c1O. The molecule has 0 saturated heterocycles. The molecule has 0 fully saturated rings. The van der Waals surface area contributed by atoms with Crippen LogP contribution in [0.1, 0.15) is 12.0 Å². The van der Waals surface area contributed by atoms with Gasteiger partial charge >= 0.3 is 5.69 Å². The van der Waals surface area contributed by atoms with Gasteiger partial charge in [-0.05, 0) is 11.6 Å². The van der Waals surface area contributed by atoms with E-state index in [1.165, 1.54) is 0 Å². The van der Waals surface area contributed by atoms with E-state index >= 15 is 0 Å². The molecule has 0 aliphatic heterocycles. The molecule has 92 valence electrons. The maximum Gasteiger partial charge on any atom is 0.314 e. The number of rotatable bonds is 3. The molecule has 0 amide bonds. The van der Waals surface area contributed by atoms with Crippen molar-refractivity contribution in [3.63, 3.8) is 0 Å². The van der Waals surface area contributed by atoms with Crippen LogP contribution in [-0.4, -0.2) is 16.6 Å². The van der Waals surface area contributed by atoms with Gasteiger partial charge in [0.05, 0.1) is 16.6 Å². The Morgan fingerprint density at radius 1 is 1.61 bits per heavy atom. The molecular weight excluding hydrogens is 243 g/mol. The molecule has 1 rings (SSSR count). The number of phenolic OH excluding ortho intramolecular Hbond substituents is 1. The molecule has 0 heterocycles. The molecule has 0 atom stereocenters. The van der Waals surface area contributed by atoms with Crippen molar-refractivity contribution in [2.24, 2.45) is 5.11 Å². The second-order valence-electron chi connectivity index (χ2n) is 3.08. The van der Waals surface area contributed by atoms with Crippen LogP contribution in [0.4, 0.5) is 10.1 Å². The van der Waals surface area contributed by atoms with E-state index < -0.39 is 22.2 Å². The normalized spacial score (nSPS) is 8.94. The molecule has 0 bridgehead atoms. The van der Waals surface area contributed by atoms with E-state index in [4.69, 9.17) is 5.53 Å². The number of aromatic hydroxyl groups is 1. The van der Waals surface area contributed by atoms with E-state index in [1.807, 2.05) is 0 Å². The van der Waals surface area contributed by atoms with Crippen LogP contribution < -0.4 is 0 Å². The van der Waals surface area contributed by atoms with Crippen LogP contribution in [0.15, 0.2) is 17.2 Å². The minimum Gasteiger partial charge on any atom is -0.501 e. The molecule has 0 unspecified atom stereocenters. The smallest absolute Gasteiger partial charge is 0.314 e. The van der Waals surface area contributed by atoms with Crippen LogP contribution in [0.25, 0.3) is 10.4 Å². The Balaban J connectivity index is 3.02. The Kier molecular flexibility index (Phi) is 4.49. The number of nitrogens with zero attached hydrogens (tertiary/aromatic N) is 4. The fourth-order valence-electron chi connectivity index (χ4n) is 1.13. The first-order chi connectivity index (χ1) is 8.56. The number of nitro benzene ring substituents is 1. The average molecular weight is 250 g/mol. The predicted octanol–water partition coefficient (Wildman–Crippen LogP) is 2.49. The van der Waals surface area contributed by atoms with E-state index in [-0.39, 0.29) is 18.5 Å². The van der Waals surface area contributed by atoms with Crippen molar-refractivity contribution < 1.29 is 14.4 Å². The summed E-state index contributed by atoms with van der Waals surface area (Å²) in [6, 6.07) is 1.50. The largest absolute Gasteiger partial charge is 0.501 e. The lowest BCUT2D eigenvalue weighted by Crippen LogP contribution is -1.92. The van der Waals surface area contributed by atoms with Crippen molar-refractivity contribution in [1.29, 1.82) is 0 Å². The molecule has 0 radical (unpaired) electrons. The van der Waals surface area contributed by atoms with Gasteiger partial charge in [-0.1, -0.05) is 17.0 Å². The lowest BCUT2D eigenvalue weighted by Gasteiger charge is -1.99. The van der Waals surface area contributed by atoms with Gasteiger partial charge in [-0.15, -0.1) is 0 Å². The molecule has 0 aromatic heterocycles. The highest BCUT2D eigenvalue weighted by Crippen LogP contribution is 2.30. The maximum atomic E-state index is 13.0. The van der Waals surface area contributed by atoms with Crippen molar-refractivity contribution in [3.8, 4) is 17.6 Å². The molecule has 0 spiro atoms. The van der Waals surface area contributed by atoms with Crippen LogP contribution in [0.2, 0.25) is 0 Å². The molecule has 1 N–H and O–H groups in total. The zero-order chi connectivity index (χ0) is 13.5. The van der Waals surface area contributed by atoms with Crippen LogP contribution >= 0.6 is 0 Å². The highest BCUT2D eigenvalue weighted by Gasteiger charge is 2.18. The first-order valence-electron chi connectivity index (χ1n) is 4.73. The number of hydrogen-bond donors (Lipinski definition) is 1. The molecule has 1 aromatic rings. The summed E-state index contributed by atoms with van der Waals surface area (Å²) in [6.07, 6.45) is 0.202. The Labute approximate surface area is 101 Å². The van der Waals surface area contributed by atoms with Gasteiger partial charge in [0.25, 0.3) is 0 Å². The Morgan fingerprint density at radius 3 is 2.94 bits per heavy atom. The highest BCUT2D eigenvalue weighted by atomic mass is 19.1. The summed E-state index contributed by atoms with van der Waals surface area (Å²) in [6.45, 7) is 0.127. The van der Waals surface area contributed by atoms with E-state index in [2.05, 4.69) is 21.9 Å². The van der Waals surface area contributed by atoms with Crippen molar-refractivity contribution in [1.82, 2.24) is 0 Å². The first kappa shape index (κ1) is 13.3. The number of phenols is 1. The number of halogens is 1. The van der Waals surface area contributed by atoms with Gasteiger partial charge in [0.1, 0.15) is 5.82 Å². The van der Waals surface area contributed by atoms with Gasteiger partial charge in [-0.25, -0.2) is 4.39 Å². The average Bonchev–Trinajstić information content (AvgIpc) is 2.32. The van der Waals surface area contributed by atoms with E-state index in [1.54, 1.807) is 0 Å². The maximum absolute atomic E-state index is 13.0. The van der Waals surface area contributed by atoms with Gasteiger partial charge in [0, 0.05) is 17.9 Å². The van der Waals surface area contributed by atoms with Gasteiger partial charge in [0.2, 0.25) is 5.75 Å². The van der Waals surface area contributed by atoms with Crippen molar-refractivity contribution in [2.45, 2.75) is 6.42 Å². The van der Waals surface area contributed by atoms with Gasteiger partial charge < -0.3 is 5.11 Å². The van der Waals surface area contributed by atoms with Crippen LogP contribution in [0.3, 0.4) is 0 Å². The lowest BCUT2D eigenvalue weighted by molar-refractivity contribution is -0.386. The fourth-order valence-corrected chi connectivity index (χ4v) is 1.13. The Bertz CT molecular complexity index is 585. The minimum absolute atomic E-state index is 0.127. The quantitative estimate of drug-likeness (QED) is 0.169. The summed E-state index contributed by atoms with van der Waals surface area (Å²) in [5.74, 6) is 3.34. The molecule has 7 nitrogen and oxygen atoms in total. The van der Waals surface area contributed by atoms with Gasteiger partial charge in [-0.3, -0.25) is 10.1 Å². The zero-order valence-corrected chi connectivity index (χ0v) is 9.00. The van der Waals surface area contributed by atoms with Crippen LogP contribution in [0, 0.1) is 27.8 Å². The van der Waals surface area contributed by atoms with Crippen molar-refractivity contribution >= 4 is 5.69 Å². The second kappa shape index (κ2) is 6.08. The summed E-state index contributed by atoms with van der Waals surface area (Å²) in [5, 5.41) is 23.2. The number of azide groups is 1. The van der Waals surface area contributed by atoms with Gasteiger partial charge in [-0.2, -0.15) is 0 Å². The standard InChI is InChI=1S/C10H7FN4O3/c11-8-5-7(3-1-2-4-13-14-12)10(16)9(6-8)15(17)18/h5-6,16H,2,4H2. The van der Waals surface area contributed by atoms with Crippen LogP contribution in [0.5, 0.6) is 5.75 Å². The number of benzene rings is 1. The van der Waals surface area contributed by atoms with Gasteiger partial charge in [0.15, 0.2) is 0 Å². The van der Waals surface area contributed by atoms with Crippen LogP contribution in [-0.2, 0) is 0 Å². The monoisotopic (exact) mass is 250 g/mol. The molecule has 0 aliphatic rings. The molecule has 8 heteroatoms. The number of hydrogen-bond acceptors (Lipinski definition) is 4. The van der Waals surface area contributed by atoms with Crippen molar-refractivity contribution in [2.75, 3.05) is 6.54 Å². The molecule has 0 aliphatic carbocycles. The molecule has 0 saturated carbocycles. The third-order valence-electron chi connectivity index (χ3n) is 1.87. The third kappa shape index (κ3) is 3.37. The lowest BCUT2D eigenvalue weighted by atomic mass is 10.1. The predicted molar refractivity (Wildman–Crippen MR) is 60.2 cm³/mol. The fraction of sp³-hybridized carbons (Fsp3) is 0.200. The summed E-state index contributed by atoms with van der Waals surface area (Å²) in [5.41, 5.74) is 7.09. The minimum atomic E-state index is -0.899. The van der Waals surface area contributed by atoms with E-state index in [9.17, 15) is 19.6 Å². The molecular formula is C10H7FN4O3. The summed E-state index contributed by atoms with van der Waals surface area (Å²) in [7, 11) is 0. The molecule has 1 aromatic carbocycles. The third-order valence-corrected chi connectivity index (χ3v) is 1.87. The zero-order valence-electron chi connectivity index (χ0n) is 9.00. The second-order valence-corrected chi connectivity index (χ2v) is 3.08. The first-order valence-corrected chi connectivity index (χ1v) is 4.73. The number of nitro groups is 1. The Hall–Kier alpha value is -2.78. The summed E-state index contributed by atoms with van der Waals surface area (Å²) >= 11 is 0. The topological polar surface area (TPSA) is 112 Å². The summed E-state index contributed by atoms with van der Waals surface area (Å²) < 4.78 is 13.0. The Morgan fingerprint density at radius 2 is 2.33 bits per heavy atom. The molecule has 18 heavy (non-hydrogen) atoms. The summed E-state index contributed by atoms with van der Waals surface area (Å²) in [4.78, 5) is 12.1. The highest BCUT2D eigenvalue weighted by molar-refractivity contribution is 5.57.